The maximum absolute atomic E-state index is 13.0. The molecule has 21 heavy (non-hydrogen) atoms. The average Bonchev–Trinajstić information content (AvgIpc) is 2.83. The van der Waals surface area contributed by atoms with Crippen LogP contribution in [0.2, 0.25) is 0 Å². The van der Waals surface area contributed by atoms with E-state index in [1.54, 1.807) is 6.07 Å². The highest BCUT2D eigenvalue weighted by molar-refractivity contribution is 5.98. The van der Waals surface area contributed by atoms with Crippen LogP contribution in [0.15, 0.2) is 24.3 Å². The van der Waals surface area contributed by atoms with E-state index in [-0.39, 0.29) is 13.0 Å². The fourth-order valence-electron chi connectivity index (χ4n) is 2.00. The van der Waals surface area contributed by atoms with Gasteiger partial charge < -0.3 is 10.1 Å². The number of urea groups is 1. The number of imide groups is 1. The zero-order valence-electron chi connectivity index (χ0n) is 11.5. The minimum absolute atomic E-state index is 0.137. The van der Waals surface area contributed by atoms with Gasteiger partial charge in [-0.15, -0.1) is 0 Å². The van der Waals surface area contributed by atoms with Crippen molar-refractivity contribution in [2.75, 3.05) is 13.1 Å². The third kappa shape index (κ3) is 3.77. The summed E-state index contributed by atoms with van der Waals surface area (Å²) in [6, 6.07) is 5.08. The van der Waals surface area contributed by atoms with Crippen LogP contribution in [0.25, 0.3) is 0 Å². The van der Waals surface area contributed by atoms with Gasteiger partial charge in [0.05, 0.1) is 6.42 Å². The summed E-state index contributed by atoms with van der Waals surface area (Å²) in [6.07, 6.45) is -1.20. The lowest BCUT2D eigenvalue weighted by Crippen LogP contribution is -2.42. The van der Waals surface area contributed by atoms with Crippen LogP contribution in [0, 0.1) is 5.82 Å². The second-order valence-corrected chi connectivity index (χ2v) is 4.66. The summed E-state index contributed by atoms with van der Waals surface area (Å²) in [7, 11) is 0. The highest BCUT2D eigenvalue weighted by Gasteiger charge is 2.31. The molecule has 3 amide bonds. The molecule has 1 saturated heterocycles. The topological polar surface area (TPSA) is 75.7 Å². The molecule has 1 aromatic carbocycles. The van der Waals surface area contributed by atoms with Gasteiger partial charge in [-0.3, -0.25) is 14.5 Å². The Labute approximate surface area is 120 Å². The lowest BCUT2D eigenvalue weighted by molar-refractivity contribution is -0.156. The van der Waals surface area contributed by atoms with Crippen LogP contribution < -0.4 is 5.32 Å². The Morgan fingerprint density at radius 2 is 2.24 bits per heavy atom. The van der Waals surface area contributed by atoms with Crippen molar-refractivity contribution >= 4 is 17.9 Å². The molecule has 1 N–H and O–H groups in total. The smallest absolute Gasteiger partial charge is 0.324 e. The fourth-order valence-corrected chi connectivity index (χ4v) is 2.00. The number of benzene rings is 1. The number of carbonyl (C=O) groups excluding carboxylic acids is 3. The van der Waals surface area contributed by atoms with Crippen LogP contribution in [-0.2, 0) is 20.7 Å². The molecule has 0 aliphatic carbocycles. The molecular weight excluding hydrogens is 279 g/mol. The van der Waals surface area contributed by atoms with Crippen molar-refractivity contribution in [2.24, 2.45) is 0 Å². The zero-order valence-corrected chi connectivity index (χ0v) is 11.5. The summed E-state index contributed by atoms with van der Waals surface area (Å²) in [4.78, 5) is 36.0. The first-order valence-electron chi connectivity index (χ1n) is 6.50. The van der Waals surface area contributed by atoms with Crippen molar-refractivity contribution in [1.29, 1.82) is 0 Å². The van der Waals surface area contributed by atoms with E-state index in [9.17, 15) is 18.8 Å². The number of ether oxygens (including phenoxy) is 1. The number of nitrogens with zero attached hydrogens (tertiary/aromatic N) is 1. The molecule has 0 radical (unpaired) electrons. The lowest BCUT2D eigenvalue weighted by atomic mass is 10.1. The number of hydrogen-bond acceptors (Lipinski definition) is 4. The Hall–Kier alpha value is -2.44. The summed E-state index contributed by atoms with van der Waals surface area (Å²) in [5, 5.41) is 2.49. The summed E-state index contributed by atoms with van der Waals surface area (Å²) in [5.41, 5.74) is 0.457. The maximum Gasteiger partial charge on any atom is 0.324 e. The molecule has 1 heterocycles. The van der Waals surface area contributed by atoms with Gasteiger partial charge in [0.1, 0.15) is 5.82 Å². The second-order valence-electron chi connectivity index (χ2n) is 4.66. The standard InChI is InChI=1S/C14H15FN2O4/c1-9(13(19)17-6-5-16-14(17)20)21-12(18)8-10-3-2-4-11(15)7-10/h2-4,7,9H,5-6,8H2,1H3,(H,16,20)/t9-/m1/s1. The fraction of sp³-hybridized carbons (Fsp3) is 0.357. The van der Waals surface area contributed by atoms with Gasteiger partial charge in [0, 0.05) is 13.1 Å². The molecule has 1 aromatic rings. The molecular formula is C14H15FN2O4. The van der Waals surface area contributed by atoms with Crippen molar-refractivity contribution in [3.63, 3.8) is 0 Å². The first kappa shape index (κ1) is 15.0. The van der Waals surface area contributed by atoms with E-state index in [4.69, 9.17) is 4.74 Å². The highest BCUT2D eigenvalue weighted by atomic mass is 19.1. The largest absolute Gasteiger partial charge is 0.452 e. The SMILES string of the molecule is C[C@@H](OC(=O)Cc1cccc(F)c1)C(=O)N1CCNC1=O. The molecule has 1 fully saturated rings. The number of carbonyl (C=O) groups is 3. The van der Waals surface area contributed by atoms with Crippen molar-refractivity contribution in [1.82, 2.24) is 10.2 Å². The van der Waals surface area contributed by atoms with Crippen molar-refractivity contribution < 1.29 is 23.5 Å². The first-order chi connectivity index (χ1) is 9.97. The van der Waals surface area contributed by atoms with E-state index >= 15 is 0 Å². The molecule has 7 heteroatoms. The first-order valence-corrected chi connectivity index (χ1v) is 6.50. The predicted octanol–water partition coefficient (Wildman–Crippen LogP) is 0.852. The molecule has 0 bridgehead atoms. The van der Waals surface area contributed by atoms with Crippen LogP contribution >= 0.6 is 0 Å². The van der Waals surface area contributed by atoms with Gasteiger partial charge in [0.15, 0.2) is 6.10 Å². The van der Waals surface area contributed by atoms with Crippen molar-refractivity contribution in [3.05, 3.63) is 35.6 Å². The van der Waals surface area contributed by atoms with Gasteiger partial charge in [0.25, 0.3) is 5.91 Å². The van der Waals surface area contributed by atoms with Gasteiger partial charge in [-0.1, -0.05) is 12.1 Å². The minimum Gasteiger partial charge on any atom is -0.452 e. The molecule has 0 aromatic heterocycles. The minimum atomic E-state index is -1.06. The normalized spacial score (nSPS) is 15.5. The van der Waals surface area contributed by atoms with Crippen molar-refractivity contribution in [2.45, 2.75) is 19.4 Å². The Kier molecular flexibility index (Phi) is 4.52. The molecule has 6 nitrogen and oxygen atoms in total. The van der Waals surface area contributed by atoms with Crippen LogP contribution in [0.5, 0.6) is 0 Å². The number of halogens is 1. The molecule has 1 aliphatic rings. The molecule has 0 unspecified atom stereocenters. The summed E-state index contributed by atoms with van der Waals surface area (Å²) in [6.45, 7) is 2.04. The Morgan fingerprint density at radius 1 is 1.48 bits per heavy atom. The summed E-state index contributed by atoms with van der Waals surface area (Å²) >= 11 is 0. The number of nitrogens with one attached hydrogen (secondary N) is 1. The van der Waals surface area contributed by atoms with Gasteiger partial charge >= 0.3 is 12.0 Å². The molecule has 0 spiro atoms. The van der Waals surface area contributed by atoms with Crippen molar-refractivity contribution in [3.8, 4) is 0 Å². The lowest BCUT2D eigenvalue weighted by Gasteiger charge is -2.18. The van der Waals surface area contributed by atoms with Crippen LogP contribution in [0.4, 0.5) is 9.18 Å². The average molecular weight is 294 g/mol. The van der Waals surface area contributed by atoms with Gasteiger partial charge in [-0.25, -0.2) is 9.18 Å². The monoisotopic (exact) mass is 294 g/mol. The third-order valence-corrected chi connectivity index (χ3v) is 3.02. The number of esters is 1. The second kappa shape index (κ2) is 6.34. The number of rotatable bonds is 4. The Balaban J connectivity index is 1.90. The third-order valence-electron chi connectivity index (χ3n) is 3.02. The molecule has 112 valence electrons. The van der Waals surface area contributed by atoms with Crippen LogP contribution in [-0.4, -0.2) is 42.0 Å². The van der Waals surface area contributed by atoms with E-state index in [2.05, 4.69) is 5.32 Å². The summed E-state index contributed by atoms with van der Waals surface area (Å²) in [5.74, 6) is -1.67. The van der Waals surface area contributed by atoms with E-state index in [0.29, 0.717) is 12.1 Å². The summed E-state index contributed by atoms with van der Waals surface area (Å²) < 4.78 is 18.0. The number of hydrogen-bond donors (Lipinski definition) is 1. The van der Waals surface area contributed by atoms with Gasteiger partial charge in [0.2, 0.25) is 0 Å². The van der Waals surface area contributed by atoms with Gasteiger partial charge in [-0.2, -0.15) is 0 Å². The van der Waals surface area contributed by atoms with E-state index in [1.807, 2.05) is 0 Å². The Morgan fingerprint density at radius 3 is 2.86 bits per heavy atom. The van der Waals surface area contributed by atoms with Gasteiger partial charge in [-0.05, 0) is 24.6 Å². The predicted molar refractivity (Wildman–Crippen MR) is 70.8 cm³/mol. The van der Waals surface area contributed by atoms with E-state index < -0.39 is 29.8 Å². The van der Waals surface area contributed by atoms with E-state index in [0.717, 1.165) is 4.90 Å². The highest BCUT2D eigenvalue weighted by Crippen LogP contribution is 2.08. The molecule has 1 aliphatic heterocycles. The Bertz CT molecular complexity index is 576. The molecule has 2 rings (SSSR count). The maximum atomic E-state index is 13.0. The number of amides is 3. The molecule has 1 atom stereocenters. The quantitative estimate of drug-likeness (QED) is 0.835. The van der Waals surface area contributed by atoms with Crippen LogP contribution in [0.3, 0.4) is 0 Å². The zero-order chi connectivity index (χ0) is 15.4. The van der Waals surface area contributed by atoms with Crippen LogP contribution in [0.1, 0.15) is 12.5 Å². The molecule has 0 saturated carbocycles. The van der Waals surface area contributed by atoms with E-state index in [1.165, 1.54) is 25.1 Å².